The lowest BCUT2D eigenvalue weighted by molar-refractivity contribution is 0.396. The van der Waals surface area contributed by atoms with Gasteiger partial charge in [-0.25, -0.2) is 13.1 Å². The van der Waals surface area contributed by atoms with Crippen molar-refractivity contribution >= 4 is 37.6 Å². The summed E-state index contributed by atoms with van der Waals surface area (Å²) in [6.45, 7) is 3.89. The number of nitrogens with zero attached hydrogens (tertiary/aromatic N) is 2. The van der Waals surface area contributed by atoms with E-state index in [1.165, 1.54) is 10.9 Å². The highest BCUT2D eigenvalue weighted by molar-refractivity contribution is 9.09. The minimum absolute atomic E-state index is 0.00334. The average Bonchev–Trinajstić information content (AvgIpc) is 2.67. The Balaban J connectivity index is 3.17. The van der Waals surface area contributed by atoms with Crippen LogP contribution in [-0.2, 0) is 17.1 Å². The average molecular weight is 359 g/mol. The quantitative estimate of drug-likeness (QED) is 0.794. The van der Waals surface area contributed by atoms with Gasteiger partial charge < -0.3 is 0 Å². The van der Waals surface area contributed by atoms with E-state index in [0.29, 0.717) is 18.2 Å². The fourth-order valence-electron chi connectivity index (χ4n) is 1.65. The van der Waals surface area contributed by atoms with E-state index < -0.39 is 15.6 Å². The second kappa shape index (κ2) is 5.90. The molecular weight excluding hydrogens is 342 g/mol. The molecule has 1 aromatic rings. The molecule has 0 atom stereocenters. The van der Waals surface area contributed by atoms with Crippen LogP contribution in [0.1, 0.15) is 26.7 Å². The third-order valence-corrected chi connectivity index (χ3v) is 6.21. The lowest BCUT2D eigenvalue weighted by atomic mass is 9.97. The van der Waals surface area contributed by atoms with Gasteiger partial charge in [0.25, 0.3) is 10.0 Å². The van der Waals surface area contributed by atoms with Crippen LogP contribution in [-0.4, -0.2) is 29.1 Å². The Morgan fingerprint density at radius 1 is 1.50 bits per heavy atom. The first-order valence-electron chi connectivity index (χ1n) is 5.59. The van der Waals surface area contributed by atoms with Crippen LogP contribution in [0.5, 0.6) is 0 Å². The Labute approximate surface area is 121 Å². The molecule has 0 saturated heterocycles. The standard InChI is InChI=1S/C10H17BrClN3O2S/c1-4-10(5-2,7-11)14-18(16,17)9-8(12)6-13-15(9)3/h6,14H,4-5,7H2,1-3H3. The van der Waals surface area contributed by atoms with Crippen molar-refractivity contribution < 1.29 is 8.42 Å². The van der Waals surface area contributed by atoms with Crippen molar-refractivity contribution in [3.63, 3.8) is 0 Å². The first kappa shape index (κ1) is 15.9. The normalized spacial score (nSPS) is 12.9. The summed E-state index contributed by atoms with van der Waals surface area (Å²) < 4.78 is 28.7. The van der Waals surface area contributed by atoms with Crippen molar-refractivity contribution in [1.82, 2.24) is 14.5 Å². The number of rotatable bonds is 6. The summed E-state index contributed by atoms with van der Waals surface area (Å²) in [5.74, 6) is 0. The molecule has 1 rings (SSSR count). The van der Waals surface area contributed by atoms with Gasteiger partial charge in [0.05, 0.1) is 11.2 Å². The number of aromatic nitrogens is 2. The second-order valence-corrected chi connectivity index (χ2v) is 6.71. The molecule has 104 valence electrons. The molecular formula is C10H17BrClN3O2S. The Morgan fingerprint density at radius 3 is 2.39 bits per heavy atom. The molecule has 5 nitrogen and oxygen atoms in total. The maximum atomic E-state index is 12.4. The number of halogens is 2. The molecule has 0 aliphatic heterocycles. The Morgan fingerprint density at radius 2 is 2.06 bits per heavy atom. The predicted octanol–water partition coefficient (Wildman–Crippen LogP) is 2.31. The van der Waals surface area contributed by atoms with Crippen molar-refractivity contribution in [3.8, 4) is 0 Å². The smallest absolute Gasteiger partial charge is 0.255 e. The van der Waals surface area contributed by atoms with E-state index in [2.05, 4.69) is 25.8 Å². The lowest BCUT2D eigenvalue weighted by Crippen LogP contribution is -2.49. The molecule has 0 spiro atoms. The summed E-state index contributed by atoms with van der Waals surface area (Å²) >= 11 is 9.24. The summed E-state index contributed by atoms with van der Waals surface area (Å²) in [6, 6.07) is 0. The lowest BCUT2D eigenvalue weighted by Gasteiger charge is -2.30. The van der Waals surface area contributed by atoms with E-state index in [-0.39, 0.29) is 10.0 Å². The highest BCUT2D eigenvalue weighted by Crippen LogP contribution is 2.25. The molecule has 0 amide bonds. The predicted molar refractivity (Wildman–Crippen MR) is 75.6 cm³/mol. The van der Waals surface area contributed by atoms with Gasteiger partial charge in [0.1, 0.15) is 0 Å². The molecule has 18 heavy (non-hydrogen) atoms. The van der Waals surface area contributed by atoms with E-state index in [0.717, 1.165) is 0 Å². The van der Waals surface area contributed by atoms with Crippen LogP contribution in [0.2, 0.25) is 5.02 Å². The Kier molecular flexibility index (Phi) is 5.22. The topological polar surface area (TPSA) is 64.0 Å². The summed E-state index contributed by atoms with van der Waals surface area (Å²) in [4.78, 5) is 0. The highest BCUT2D eigenvalue weighted by Gasteiger charge is 2.33. The fraction of sp³-hybridized carbons (Fsp3) is 0.700. The largest absolute Gasteiger partial charge is 0.259 e. The minimum Gasteiger partial charge on any atom is -0.255 e. The first-order valence-corrected chi connectivity index (χ1v) is 8.57. The first-order chi connectivity index (χ1) is 8.32. The molecule has 0 unspecified atom stereocenters. The van der Waals surface area contributed by atoms with Crippen LogP contribution in [0.15, 0.2) is 11.2 Å². The minimum atomic E-state index is -3.68. The van der Waals surface area contributed by atoms with Crippen LogP contribution in [0.3, 0.4) is 0 Å². The SMILES string of the molecule is CCC(CC)(CBr)NS(=O)(=O)c1c(Cl)cnn1C. The molecule has 1 heterocycles. The monoisotopic (exact) mass is 357 g/mol. The van der Waals surface area contributed by atoms with Gasteiger partial charge in [-0.15, -0.1) is 0 Å². The Hall–Kier alpha value is -0.110. The third kappa shape index (κ3) is 3.07. The van der Waals surface area contributed by atoms with Crippen LogP contribution in [0.4, 0.5) is 0 Å². The summed E-state index contributed by atoms with van der Waals surface area (Å²) in [7, 11) is -2.13. The molecule has 8 heteroatoms. The zero-order valence-corrected chi connectivity index (χ0v) is 13.7. The molecule has 0 fully saturated rings. The molecule has 1 N–H and O–H groups in total. The zero-order chi connectivity index (χ0) is 14.0. The van der Waals surface area contributed by atoms with Gasteiger partial charge in [-0.2, -0.15) is 5.10 Å². The van der Waals surface area contributed by atoms with Crippen molar-refractivity contribution in [3.05, 3.63) is 11.2 Å². The van der Waals surface area contributed by atoms with Gasteiger partial charge in [-0.1, -0.05) is 41.4 Å². The van der Waals surface area contributed by atoms with Crippen LogP contribution < -0.4 is 4.72 Å². The van der Waals surface area contributed by atoms with E-state index in [4.69, 9.17) is 11.6 Å². The number of sulfonamides is 1. The van der Waals surface area contributed by atoms with Crippen molar-refractivity contribution in [2.24, 2.45) is 7.05 Å². The maximum absolute atomic E-state index is 12.4. The number of hydrogen-bond acceptors (Lipinski definition) is 3. The molecule has 0 aliphatic carbocycles. The Bertz CT molecular complexity index is 483. The molecule has 0 aliphatic rings. The molecule has 0 bridgehead atoms. The number of nitrogens with one attached hydrogen (secondary N) is 1. The molecule has 1 aromatic heterocycles. The molecule has 0 aromatic carbocycles. The number of aryl methyl sites for hydroxylation is 1. The van der Waals surface area contributed by atoms with Crippen LogP contribution in [0, 0.1) is 0 Å². The molecule has 0 saturated carbocycles. The van der Waals surface area contributed by atoms with Crippen LogP contribution >= 0.6 is 27.5 Å². The third-order valence-electron chi connectivity index (χ3n) is 3.06. The van der Waals surface area contributed by atoms with E-state index in [9.17, 15) is 8.42 Å². The van der Waals surface area contributed by atoms with Gasteiger partial charge in [0.15, 0.2) is 5.03 Å². The van der Waals surface area contributed by atoms with E-state index >= 15 is 0 Å². The highest BCUT2D eigenvalue weighted by atomic mass is 79.9. The van der Waals surface area contributed by atoms with Crippen molar-refractivity contribution in [2.75, 3.05) is 5.33 Å². The molecule has 0 radical (unpaired) electrons. The van der Waals surface area contributed by atoms with Crippen molar-refractivity contribution in [1.29, 1.82) is 0 Å². The van der Waals surface area contributed by atoms with E-state index in [1.54, 1.807) is 7.05 Å². The summed E-state index contributed by atoms with van der Waals surface area (Å²) in [5, 5.41) is 4.51. The summed E-state index contributed by atoms with van der Waals surface area (Å²) in [6.07, 6.45) is 2.69. The van der Waals surface area contributed by atoms with Crippen molar-refractivity contribution in [2.45, 2.75) is 37.3 Å². The maximum Gasteiger partial charge on any atom is 0.259 e. The van der Waals surface area contributed by atoms with Gasteiger partial charge in [0.2, 0.25) is 0 Å². The number of alkyl halides is 1. The number of hydrogen-bond donors (Lipinski definition) is 1. The van der Waals surface area contributed by atoms with Gasteiger partial charge in [-0.05, 0) is 12.8 Å². The zero-order valence-electron chi connectivity index (χ0n) is 10.6. The fourth-order valence-corrected chi connectivity index (χ4v) is 4.97. The summed E-state index contributed by atoms with van der Waals surface area (Å²) in [5.41, 5.74) is -0.508. The second-order valence-electron chi connectivity index (χ2n) is 4.15. The van der Waals surface area contributed by atoms with Gasteiger partial charge in [-0.3, -0.25) is 4.68 Å². The van der Waals surface area contributed by atoms with E-state index in [1.807, 2.05) is 13.8 Å². The van der Waals surface area contributed by atoms with Crippen LogP contribution in [0.25, 0.3) is 0 Å². The van der Waals surface area contributed by atoms with Gasteiger partial charge in [0, 0.05) is 17.9 Å². The van der Waals surface area contributed by atoms with Gasteiger partial charge >= 0.3 is 0 Å².